The van der Waals surface area contributed by atoms with Crippen LogP contribution in [0.3, 0.4) is 0 Å². The fraction of sp³-hybridized carbons (Fsp3) is 0.250. The Kier molecular flexibility index (Phi) is 5.30. The van der Waals surface area contributed by atoms with Gasteiger partial charge >= 0.3 is 6.03 Å². The summed E-state index contributed by atoms with van der Waals surface area (Å²) in [5.41, 5.74) is 1.45. The molecule has 0 atom stereocenters. The second kappa shape index (κ2) is 7.96. The number of phenols is 1. The van der Waals surface area contributed by atoms with Crippen LogP contribution in [0.25, 0.3) is 10.9 Å². The number of carbonyl (C=O) groups is 3. The highest BCUT2D eigenvalue weighted by molar-refractivity contribution is 6.17. The lowest BCUT2D eigenvalue weighted by molar-refractivity contribution is -0.118. The average Bonchev–Trinajstić information content (AvgIpc) is 2.73. The molecule has 1 aliphatic rings. The normalized spacial score (nSPS) is 14.4. The van der Waals surface area contributed by atoms with E-state index in [1.807, 2.05) is 26.8 Å². The minimum absolute atomic E-state index is 0.0233. The Hall–Kier alpha value is -3.94. The molecular formula is C24H24N4O4. The van der Waals surface area contributed by atoms with Gasteiger partial charge in [-0.1, -0.05) is 26.8 Å². The number of aromatic nitrogens is 1. The van der Waals surface area contributed by atoms with Crippen LogP contribution in [-0.4, -0.2) is 34.5 Å². The number of urea groups is 1. The molecule has 0 spiro atoms. The van der Waals surface area contributed by atoms with Crippen molar-refractivity contribution in [3.05, 3.63) is 59.8 Å². The van der Waals surface area contributed by atoms with Crippen LogP contribution in [0.2, 0.25) is 0 Å². The molecule has 0 saturated carbocycles. The summed E-state index contributed by atoms with van der Waals surface area (Å²) in [4.78, 5) is 43.2. The zero-order valence-electron chi connectivity index (χ0n) is 18.1. The number of nitrogens with zero attached hydrogens (tertiary/aromatic N) is 2. The largest absolute Gasteiger partial charge is 0.507 e. The van der Waals surface area contributed by atoms with Gasteiger partial charge in [-0.15, -0.1) is 0 Å². The second-order valence-electron chi connectivity index (χ2n) is 8.72. The Morgan fingerprint density at radius 2 is 1.94 bits per heavy atom. The summed E-state index contributed by atoms with van der Waals surface area (Å²) >= 11 is 0. The molecule has 32 heavy (non-hydrogen) atoms. The third-order valence-corrected chi connectivity index (χ3v) is 5.33. The van der Waals surface area contributed by atoms with E-state index in [0.717, 1.165) is 15.8 Å². The molecule has 1 fully saturated rings. The number of imide groups is 1. The Labute approximate surface area is 185 Å². The lowest BCUT2D eigenvalue weighted by Crippen LogP contribution is -2.50. The quantitative estimate of drug-likeness (QED) is 0.581. The van der Waals surface area contributed by atoms with E-state index in [1.54, 1.807) is 36.5 Å². The van der Waals surface area contributed by atoms with Gasteiger partial charge in [0.1, 0.15) is 5.75 Å². The minimum Gasteiger partial charge on any atom is -0.507 e. The molecule has 0 unspecified atom stereocenters. The molecule has 3 N–H and O–H groups in total. The first-order valence-electron chi connectivity index (χ1n) is 10.3. The van der Waals surface area contributed by atoms with Crippen molar-refractivity contribution in [2.45, 2.75) is 32.6 Å². The van der Waals surface area contributed by atoms with Gasteiger partial charge in [0.05, 0.1) is 16.8 Å². The molecule has 2 aromatic carbocycles. The van der Waals surface area contributed by atoms with E-state index in [1.165, 1.54) is 6.07 Å². The summed E-state index contributed by atoms with van der Waals surface area (Å²) in [6.07, 6.45) is 1.85. The Morgan fingerprint density at radius 3 is 2.66 bits per heavy atom. The smallest absolute Gasteiger partial charge is 0.328 e. The predicted molar refractivity (Wildman–Crippen MR) is 122 cm³/mol. The molecule has 3 aromatic rings. The van der Waals surface area contributed by atoms with Crippen molar-refractivity contribution in [2.75, 3.05) is 16.8 Å². The van der Waals surface area contributed by atoms with Crippen LogP contribution in [-0.2, 0) is 10.2 Å². The molecule has 164 valence electrons. The summed E-state index contributed by atoms with van der Waals surface area (Å²) in [7, 11) is 0. The van der Waals surface area contributed by atoms with Gasteiger partial charge in [0.2, 0.25) is 5.91 Å². The fourth-order valence-corrected chi connectivity index (χ4v) is 3.69. The van der Waals surface area contributed by atoms with Gasteiger partial charge in [0, 0.05) is 35.8 Å². The van der Waals surface area contributed by atoms with Gasteiger partial charge in [-0.3, -0.25) is 14.6 Å². The number of rotatable bonds is 3. The van der Waals surface area contributed by atoms with Crippen LogP contribution in [0.15, 0.2) is 48.7 Å². The highest BCUT2D eigenvalue weighted by Gasteiger charge is 2.31. The van der Waals surface area contributed by atoms with Crippen molar-refractivity contribution < 1.29 is 19.5 Å². The Balaban J connectivity index is 1.76. The van der Waals surface area contributed by atoms with Gasteiger partial charge in [-0.2, -0.15) is 0 Å². The van der Waals surface area contributed by atoms with Crippen molar-refractivity contribution in [1.82, 2.24) is 10.3 Å². The number of fused-ring (bicyclic) bond motifs is 1. The number of nitrogens with one attached hydrogen (secondary N) is 2. The van der Waals surface area contributed by atoms with E-state index in [4.69, 9.17) is 0 Å². The number of amides is 4. The number of phenolic OH excluding ortho intramolecular Hbond substituents is 1. The predicted octanol–water partition coefficient (Wildman–Crippen LogP) is 3.94. The molecule has 1 aliphatic heterocycles. The summed E-state index contributed by atoms with van der Waals surface area (Å²) in [5.74, 6) is -1.11. The first-order valence-corrected chi connectivity index (χ1v) is 10.3. The van der Waals surface area contributed by atoms with E-state index < -0.39 is 17.4 Å². The monoisotopic (exact) mass is 432 g/mol. The first kappa shape index (κ1) is 21.3. The summed E-state index contributed by atoms with van der Waals surface area (Å²) in [6, 6.07) is 11.4. The number of anilines is 2. The maximum absolute atomic E-state index is 13.2. The molecule has 2 heterocycles. The molecule has 1 aromatic heterocycles. The van der Waals surface area contributed by atoms with E-state index in [2.05, 4.69) is 15.6 Å². The lowest BCUT2D eigenvalue weighted by Gasteiger charge is -2.29. The average molecular weight is 432 g/mol. The topological polar surface area (TPSA) is 112 Å². The Morgan fingerprint density at radius 1 is 1.16 bits per heavy atom. The fourth-order valence-electron chi connectivity index (χ4n) is 3.69. The van der Waals surface area contributed by atoms with Gasteiger partial charge in [-0.25, -0.2) is 9.69 Å². The molecule has 4 amide bonds. The van der Waals surface area contributed by atoms with Crippen LogP contribution in [0.4, 0.5) is 16.2 Å². The number of hydrogen-bond acceptors (Lipinski definition) is 5. The highest BCUT2D eigenvalue weighted by Crippen LogP contribution is 2.38. The molecule has 1 saturated heterocycles. The molecule has 0 radical (unpaired) electrons. The first-order chi connectivity index (χ1) is 15.1. The van der Waals surface area contributed by atoms with E-state index >= 15 is 0 Å². The highest BCUT2D eigenvalue weighted by atomic mass is 16.3. The van der Waals surface area contributed by atoms with E-state index in [9.17, 15) is 19.5 Å². The molecule has 8 heteroatoms. The van der Waals surface area contributed by atoms with Crippen LogP contribution in [0.5, 0.6) is 5.75 Å². The maximum Gasteiger partial charge on any atom is 0.328 e. The van der Waals surface area contributed by atoms with E-state index in [-0.39, 0.29) is 35.9 Å². The van der Waals surface area contributed by atoms with Crippen molar-refractivity contribution >= 4 is 40.1 Å². The Bertz CT molecular complexity index is 1230. The number of pyridine rings is 1. The van der Waals surface area contributed by atoms with Crippen molar-refractivity contribution in [3.8, 4) is 5.75 Å². The number of carbonyl (C=O) groups excluding carboxylic acids is 3. The molecule has 0 bridgehead atoms. The molecule has 4 rings (SSSR count). The van der Waals surface area contributed by atoms with Crippen LogP contribution < -0.4 is 15.5 Å². The van der Waals surface area contributed by atoms with Crippen LogP contribution >= 0.6 is 0 Å². The van der Waals surface area contributed by atoms with Gasteiger partial charge in [-0.05, 0) is 41.8 Å². The van der Waals surface area contributed by atoms with Gasteiger partial charge in [0.15, 0.2) is 0 Å². The van der Waals surface area contributed by atoms with Crippen molar-refractivity contribution in [1.29, 1.82) is 0 Å². The molecule has 0 aliphatic carbocycles. The van der Waals surface area contributed by atoms with Gasteiger partial charge < -0.3 is 15.7 Å². The number of benzene rings is 2. The molecular weight excluding hydrogens is 408 g/mol. The number of hydrogen-bond donors (Lipinski definition) is 3. The zero-order valence-corrected chi connectivity index (χ0v) is 18.1. The SMILES string of the molecule is CC(C)(C)c1cc(N2C(=O)CCNC2=O)cc(C(=O)Nc2ccc3ncccc3c2)c1O. The zero-order chi connectivity index (χ0) is 23.0. The minimum atomic E-state index is -0.555. The van der Waals surface area contributed by atoms with Crippen molar-refractivity contribution in [2.24, 2.45) is 0 Å². The van der Waals surface area contributed by atoms with Crippen molar-refractivity contribution in [3.63, 3.8) is 0 Å². The van der Waals surface area contributed by atoms with E-state index in [0.29, 0.717) is 11.3 Å². The third-order valence-electron chi connectivity index (χ3n) is 5.33. The maximum atomic E-state index is 13.2. The molecule has 8 nitrogen and oxygen atoms in total. The summed E-state index contributed by atoms with van der Waals surface area (Å²) < 4.78 is 0. The summed E-state index contributed by atoms with van der Waals surface area (Å²) in [6.45, 7) is 5.90. The lowest BCUT2D eigenvalue weighted by atomic mass is 9.84. The number of aromatic hydroxyl groups is 1. The van der Waals surface area contributed by atoms with Crippen LogP contribution in [0, 0.1) is 0 Å². The standard InChI is InChI=1S/C24H24N4O4/c1-24(2,3)18-13-16(28-20(29)8-10-26-23(28)32)12-17(21(18)30)22(31)27-15-6-7-19-14(11-15)5-4-9-25-19/h4-7,9,11-13,30H,8,10H2,1-3H3,(H,26,32)(H,27,31). The third kappa shape index (κ3) is 3.99. The van der Waals surface area contributed by atoms with Gasteiger partial charge in [0.25, 0.3) is 5.91 Å². The second-order valence-corrected chi connectivity index (χ2v) is 8.72. The van der Waals surface area contributed by atoms with Crippen LogP contribution in [0.1, 0.15) is 43.1 Å². The summed E-state index contributed by atoms with van der Waals surface area (Å²) in [5, 5.41) is 17.2.